The zero-order valence-electron chi connectivity index (χ0n) is 18.8. The molecule has 1 unspecified atom stereocenters. The van der Waals surface area contributed by atoms with Crippen LogP contribution in [0, 0.1) is 5.82 Å². The summed E-state index contributed by atoms with van der Waals surface area (Å²) < 4.78 is 21.3. The summed E-state index contributed by atoms with van der Waals surface area (Å²) in [5.41, 5.74) is 1.78. The van der Waals surface area contributed by atoms with Gasteiger partial charge in [0.05, 0.1) is 17.9 Å². The van der Waals surface area contributed by atoms with Crippen LogP contribution in [0.1, 0.15) is 39.4 Å². The number of halogens is 2. The predicted octanol–water partition coefficient (Wildman–Crippen LogP) is 3.95. The molecule has 1 aromatic heterocycles. The number of carbonyl (C=O) groups excluding carboxylic acids is 1. The Morgan fingerprint density at radius 2 is 2.00 bits per heavy atom. The van der Waals surface area contributed by atoms with Crippen LogP contribution in [-0.4, -0.2) is 41.7 Å². The molecule has 1 atom stereocenters. The number of amides is 1. The van der Waals surface area contributed by atoms with E-state index in [-0.39, 0.29) is 24.1 Å². The molecule has 34 heavy (non-hydrogen) atoms. The molecule has 178 valence electrons. The number of nitrogens with zero attached hydrogens (tertiary/aromatic N) is 2. The number of methoxy groups -OCH3 is 1. The first-order chi connectivity index (χ1) is 16.3. The van der Waals surface area contributed by atoms with Crippen LogP contribution in [0.15, 0.2) is 70.7 Å². The molecular weight excluding hydrogens is 461 g/mol. The Morgan fingerprint density at radius 3 is 2.65 bits per heavy atom. The van der Waals surface area contributed by atoms with Gasteiger partial charge in [-0.1, -0.05) is 41.0 Å². The number of aromatic nitrogens is 1. The minimum atomic E-state index is -0.686. The van der Waals surface area contributed by atoms with Gasteiger partial charge in [0.1, 0.15) is 5.82 Å². The van der Waals surface area contributed by atoms with E-state index >= 15 is 0 Å². The van der Waals surface area contributed by atoms with Crippen molar-refractivity contribution in [3.8, 4) is 0 Å². The predicted molar refractivity (Wildman–Crippen MR) is 129 cm³/mol. The molecule has 7 nitrogen and oxygen atoms in total. The number of hydrogen-bond donors (Lipinski definition) is 2. The number of hydrogen-bond acceptors (Lipinski definition) is 5. The van der Waals surface area contributed by atoms with Crippen molar-refractivity contribution in [2.75, 3.05) is 20.3 Å². The Morgan fingerprint density at radius 1 is 1.24 bits per heavy atom. The number of pyridine rings is 1. The lowest BCUT2D eigenvalue weighted by Crippen LogP contribution is -2.27. The van der Waals surface area contributed by atoms with Gasteiger partial charge in [0.25, 0.3) is 5.91 Å². The molecule has 2 aromatic carbocycles. The molecule has 0 fully saturated rings. The second-order valence-electron chi connectivity index (χ2n) is 7.68. The second-order valence-corrected chi connectivity index (χ2v) is 8.09. The van der Waals surface area contributed by atoms with Crippen LogP contribution < -0.4 is 10.9 Å². The molecule has 0 saturated carbocycles. The van der Waals surface area contributed by atoms with Gasteiger partial charge in [0, 0.05) is 55.9 Å². The van der Waals surface area contributed by atoms with Crippen LogP contribution in [0.5, 0.6) is 0 Å². The van der Waals surface area contributed by atoms with Gasteiger partial charge in [-0.05, 0) is 35.4 Å². The largest absolute Gasteiger partial charge is 0.411 e. The highest BCUT2D eigenvalue weighted by Gasteiger charge is 2.23. The zero-order valence-corrected chi connectivity index (χ0v) is 19.6. The number of ether oxygens (including phenoxy) is 1. The van der Waals surface area contributed by atoms with Gasteiger partial charge in [-0.15, -0.1) is 0 Å². The number of rotatable bonds is 9. The summed E-state index contributed by atoms with van der Waals surface area (Å²) in [6.45, 7) is 0.572. The fourth-order valence-corrected chi connectivity index (χ4v) is 3.90. The van der Waals surface area contributed by atoms with Gasteiger partial charge in [-0.2, -0.15) is 0 Å². The summed E-state index contributed by atoms with van der Waals surface area (Å²) >= 11 is 6.46. The summed E-state index contributed by atoms with van der Waals surface area (Å²) in [5, 5.41) is 16.3. The fraction of sp³-hybridized carbons (Fsp3) is 0.240. The highest BCUT2D eigenvalue weighted by molar-refractivity contribution is 6.31. The first-order valence-corrected chi connectivity index (χ1v) is 10.9. The number of benzene rings is 2. The standard InChI is InChI=1S/C25H25ClFN3O4/c1-30-15-17(8-10-24(30)31)23(29-33)14-20(18-5-3-4-6-21(18)26)16-7-9-19(22(27)13-16)25(32)28-11-12-34-2/h3-10,13,15,20,33H,11-12,14H2,1-2H3,(H,28,32)/b29-23+. The SMILES string of the molecule is COCCNC(=O)c1ccc(C(C/C(=N\O)c2ccc(=O)n(C)c2)c2ccccc2Cl)cc1F. The van der Waals surface area contributed by atoms with Gasteiger partial charge in [-0.3, -0.25) is 9.59 Å². The van der Waals surface area contributed by atoms with Crippen LogP contribution in [0.3, 0.4) is 0 Å². The van der Waals surface area contributed by atoms with Gasteiger partial charge < -0.3 is 19.8 Å². The van der Waals surface area contributed by atoms with Crippen LogP contribution in [0.25, 0.3) is 0 Å². The Kier molecular flexibility index (Phi) is 8.56. The highest BCUT2D eigenvalue weighted by atomic mass is 35.5. The van der Waals surface area contributed by atoms with E-state index in [0.717, 1.165) is 0 Å². The van der Waals surface area contributed by atoms with Crippen molar-refractivity contribution in [1.29, 1.82) is 0 Å². The zero-order chi connectivity index (χ0) is 24.7. The second kappa shape index (κ2) is 11.6. The molecule has 1 heterocycles. The maximum absolute atomic E-state index is 15.0. The topological polar surface area (TPSA) is 92.9 Å². The molecule has 0 spiro atoms. The van der Waals surface area contributed by atoms with Crippen LogP contribution >= 0.6 is 11.6 Å². The normalized spacial score (nSPS) is 12.4. The Hall–Kier alpha value is -3.49. The molecule has 2 N–H and O–H groups in total. The number of aryl methyl sites for hydroxylation is 1. The van der Waals surface area contributed by atoms with Gasteiger partial charge in [0.2, 0.25) is 5.56 Å². The third-order valence-corrected chi connectivity index (χ3v) is 5.79. The molecule has 1 amide bonds. The summed E-state index contributed by atoms with van der Waals surface area (Å²) in [6, 6.07) is 14.4. The summed E-state index contributed by atoms with van der Waals surface area (Å²) in [6.07, 6.45) is 1.73. The van der Waals surface area contributed by atoms with Crippen LogP contribution in [0.2, 0.25) is 5.02 Å². The third kappa shape index (κ3) is 5.89. The van der Waals surface area contributed by atoms with Crippen molar-refractivity contribution in [2.24, 2.45) is 12.2 Å². The number of carbonyl (C=O) groups is 1. The third-order valence-electron chi connectivity index (χ3n) is 5.45. The fourth-order valence-electron chi connectivity index (χ4n) is 3.63. The lowest BCUT2D eigenvalue weighted by Gasteiger charge is -2.21. The molecule has 0 aliphatic rings. The van der Waals surface area contributed by atoms with Crippen molar-refractivity contribution in [2.45, 2.75) is 12.3 Å². The van der Waals surface area contributed by atoms with Crippen LogP contribution in [0.4, 0.5) is 4.39 Å². The Labute approximate surface area is 201 Å². The average Bonchev–Trinajstić information content (AvgIpc) is 2.82. The summed E-state index contributed by atoms with van der Waals surface area (Å²) in [4.78, 5) is 24.1. The van der Waals surface area contributed by atoms with E-state index in [2.05, 4.69) is 10.5 Å². The van der Waals surface area contributed by atoms with Crippen molar-refractivity contribution in [1.82, 2.24) is 9.88 Å². The monoisotopic (exact) mass is 485 g/mol. The smallest absolute Gasteiger partial charge is 0.254 e. The summed E-state index contributed by atoms with van der Waals surface area (Å²) in [5.74, 6) is -1.72. The molecule has 0 saturated heterocycles. The average molecular weight is 486 g/mol. The van der Waals surface area contributed by atoms with E-state index < -0.39 is 17.6 Å². The Bertz CT molecular complexity index is 1260. The maximum atomic E-state index is 15.0. The number of oxime groups is 1. The number of nitrogens with one attached hydrogen (secondary N) is 1. The molecular formula is C25H25ClFN3O4. The minimum absolute atomic E-state index is 0.0909. The van der Waals surface area contributed by atoms with Crippen molar-refractivity contribution in [3.05, 3.63) is 104 Å². The van der Waals surface area contributed by atoms with Crippen molar-refractivity contribution >= 4 is 23.2 Å². The van der Waals surface area contributed by atoms with E-state index in [4.69, 9.17) is 16.3 Å². The first-order valence-electron chi connectivity index (χ1n) is 10.5. The molecule has 3 rings (SSSR count). The molecule has 0 bridgehead atoms. The van der Waals surface area contributed by atoms with Crippen molar-refractivity contribution in [3.63, 3.8) is 0 Å². The van der Waals surface area contributed by atoms with E-state index in [1.165, 1.54) is 29.9 Å². The Balaban J connectivity index is 1.99. The van der Waals surface area contributed by atoms with Gasteiger partial charge in [0.15, 0.2) is 0 Å². The highest BCUT2D eigenvalue weighted by Crippen LogP contribution is 2.34. The molecule has 9 heteroatoms. The van der Waals surface area contributed by atoms with E-state index in [9.17, 15) is 19.2 Å². The lowest BCUT2D eigenvalue weighted by molar-refractivity contribution is 0.0933. The van der Waals surface area contributed by atoms with Gasteiger partial charge in [-0.25, -0.2) is 4.39 Å². The van der Waals surface area contributed by atoms with E-state index in [0.29, 0.717) is 34.0 Å². The molecule has 3 aromatic rings. The summed E-state index contributed by atoms with van der Waals surface area (Å²) in [7, 11) is 3.10. The first kappa shape index (κ1) is 25.1. The minimum Gasteiger partial charge on any atom is -0.411 e. The molecule has 0 radical (unpaired) electrons. The van der Waals surface area contributed by atoms with E-state index in [1.54, 1.807) is 37.5 Å². The lowest BCUT2D eigenvalue weighted by atomic mass is 9.85. The quantitative estimate of drug-likeness (QED) is 0.208. The van der Waals surface area contributed by atoms with E-state index in [1.807, 2.05) is 12.1 Å². The van der Waals surface area contributed by atoms with Gasteiger partial charge >= 0.3 is 0 Å². The molecule has 0 aliphatic carbocycles. The van der Waals surface area contributed by atoms with Crippen molar-refractivity contribution < 1.29 is 19.1 Å². The molecule has 0 aliphatic heterocycles. The maximum Gasteiger partial charge on any atom is 0.254 e. The van der Waals surface area contributed by atoms with Crippen LogP contribution in [-0.2, 0) is 11.8 Å².